The first-order valence-electron chi connectivity index (χ1n) is 8.09. The molecule has 0 fully saturated rings. The van der Waals surface area contributed by atoms with E-state index < -0.39 is 0 Å². The van der Waals surface area contributed by atoms with Crippen LogP contribution in [0.2, 0.25) is 0 Å². The predicted molar refractivity (Wildman–Crippen MR) is 120 cm³/mol. The third-order valence-electron chi connectivity index (χ3n) is 4.60. The van der Waals surface area contributed by atoms with Crippen molar-refractivity contribution in [3.05, 3.63) is 113 Å². The first-order chi connectivity index (χ1) is 11.3. The maximum Gasteiger partial charge on any atom is 0.000186 e. The third kappa shape index (κ3) is 5.22. The summed E-state index contributed by atoms with van der Waals surface area (Å²) in [6.07, 6.45) is 0. The van der Waals surface area contributed by atoms with Crippen LogP contribution in [0, 0.1) is 6.92 Å². The third-order valence-corrected chi connectivity index (χ3v) is 4.60. The second kappa shape index (κ2) is 11.6. The Morgan fingerprint density at radius 3 is 1.59 bits per heavy atom. The van der Waals surface area contributed by atoms with Crippen molar-refractivity contribution >= 4 is 48.0 Å². The number of benzene rings is 3. The average molecular weight is 453 g/mol. The maximum atomic E-state index is 2.31. The molecule has 4 aromatic carbocycles. The van der Waals surface area contributed by atoms with Gasteiger partial charge in [0.25, 0.3) is 0 Å². The van der Waals surface area contributed by atoms with Crippen LogP contribution in [-0.4, -0.2) is 0 Å². The van der Waals surface area contributed by atoms with Gasteiger partial charge in [-0.25, -0.2) is 0 Å². The van der Waals surface area contributed by atoms with Crippen LogP contribution in [0.1, 0.15) is 28.2 Å². The largest absolute Gasteiger partial charge is 0.165 e. The standard InChI is InChI=1S/C23H19.3ClH.Ti/c1-17-16-20-14-8-9-15-21(20)22(17)23(18-10-4-2-5-11-18)19-12-6-3-7-13-19;;;;/h2-16,23H,1H3;3*1H;/q-1;;;;. The van der Waals surface area contributed by atoms with Gasteiger partial charge in [-0.05, 0) is 11.1 Å². The Morgan fingerprint density at radius 2 is 1.07 bits per heavy atom. The molecule has 0 aliphatic carbocycles. The van der Waals surface area contributed by atoms with Gasteiger partial charge in [-0.3, -0.25) is 0 Å². The van der Waals surface area contributed by atoms with E-state index >= 15 is 0 Å². The van der Waals surface area contributed by atoms with Gasteiger partial charge in [0.2, 0.25) is 0 Å². The van der Waals surface area contributed by atoms with Crippen LogP contribution in [0.25, 0.3) is 10.8 Å². The van der Waals surface area contributed by atoms with E-state index in [0.717, 1.165) is 0 Å². The van der Waals surface area contributed by atoms with Gasteiger partial charge in [-0.15, -0.1) is 77.3 Å². The predicted octanol–water partition coefficient (Wildman–Crippen LogP) is 7.31. The van der Waals surface area contributed by atoms with Crippen molar-refractivity contribution in [1.82, 2.24) is 0 Å². The number of fused-ring (bicyclic) bond motifs is 1. The Kier molecular flexibility index (Phi) is 11.1. The molecule has 0 unspecified atom stereocenters. The van der Waals surface area contributed by atoms with Gasteiger partial charge in [-0.1, -0.05) is 73.7 Å². The van der Waals surface area contributed by atoms with E-state index in [1.54, 1.807) is 0 Å². The monoisotopic (exact) mass is 451 g/mol. The molecule has 0 saturated carbocycles. The number of rotatable bonds is 3. The first kappa shape index (κ1) is 25.9. The Balaban J connectivity index is 0.00000169. The average Bonchev–Trinajstić information content (AvgIpc) is 2.94. The Morgan fingerprint density at radius 1 is 0.630 bits per heavy atom. The smallest absolute Gasteiger partial charge is 0.000186 e. The van der Waals surface area contributed by atoms with Crippen LogP contribution < -0.4 is 0 Å². The summed E-state index contributed by atoms with van der Waals surface area (Å²) in [7, 11) is 0. The van der Waals surface area contributed by atoms with Gasteiger partial charge in [0.1, 0.15) is 0 Å². The van der Waals surface area contributed by atoms with Crippen LogP contribution in [0.5, 0.6) is 0 Å². The molecule has 0 amide bonds. The summed E-state index contributed by atoms with van der Waals surface area (Å²) >= 11 is 0. The van der Waals surface area contributed by atoms with E-state index in [0.29, 0.717) is 0 Å². The molecule has 0 aliphatic heterocycles. The molecule has 0 radical (unpaired) electrons. The zero-order valence-corrected chi connectivity index (χ0v) is 19.0. The fourth-order valence-electron chi connectivity index (χ4n) is 3.59. The SMILES string of the molecule is Cc1cc2ccccc2[c-]1C(c1ccccc1)c1ccccc1.Cl.Cl.Cl.[Ti]. The van der Waals surface area contributed by atoms with Crippen molar-refractivity contribution in [2.24, 2.45) is 0 Å². The van der Waals surface area contributed by atoms with Crippen molar-refractivity contribution in [1.29, 1.82) is 0 Å². The summed E-state index contributed by atoms with van der Waals surface area (Å²) in [5.74, 6) is 0.275. The molecule has 0 saturated heterocycles. The fraction of sp³-hybridized carbons (Fsp3) is 0.0870. The molecule has 0 nitrogen and oxygen atoms in total. The Bertz CT molecular complexity index is 894. The molecule has 27 heavy (non-hydrogen) atoms. The number of aryl methyl sites for hydroxylation is 1. The number of halogens is 3. The van der Waals surface area contributed by atoms with Gasteiger partial charge in [-0.2, -0.15) is 6.07 Å². The molecule has 0 N–H and O–H groups in total. The molecule has 0 atom stereocenters. The minimum Gasteiger partial charge on any atom is -0.165 e. The zero-order valence-electron chi connectivity index (χ0n) is 15.0. The normalized spacial score (nSPS) is 9.56. The summed E-state index contributed by atoms with van der Waals surface area (Å²) in [5.41, 5.74) is 5.48. The van der Waals surface area contributed by atoms with Crippen LogP contribution in [-0.2, 0) is 21.7 Å². The van der Waals surface area contributed by atoms with Crippen LogP contribution in [0.3, 0.4) is 0 Å². The topological polar surface area (TPSA) is 0 Å². The molecule has 0 spiro atoms. The molecule has 4 aromatic rings. The zero-order chi connectivity index (χ0) is 15.6. The maximum absolute atomic E-state index is 2.31. The molecule has 0 heterocycles. The molecule has 0 bridgehead atoms. The van der Waals surface area contributed by atoms with Gasteiger partial charge >= 0.3 is 0 Å². The molecular weight excluding hydrogens is 430 g/mol. The van der Waals surface area contributed by atoms with Gasteiger partial charge in [0.05, 0.1) is 0 Å². The van der Waals surface area contributed by atoms with E-state index in [1.165, 1.54) is 33.0 Å². The van der Waals surface area contributed by atoms with Crippen molar-refractivity contribution in [3.63, 3.8) is 0 Å². The van der Waals surface area contributed by atoms with Crippen molar-refractivity contribution in [2.75, 3.05) is 0 Å². The quantitative estimate of drug-likeness (QED) is 0.226. The van der Waals surface area contributed by atoms with E-state index in [1.807, 2.05) is 0 Å². The summed E-state index contributed by atoms with van der Waals surface area (Å²) in [6.45, 7) is 2.23. The number of hydrogen-bond donors (Lipinski definition) is 0. The first-order valence-corrected chi connectivity index (χ1v) is 8.09. The second-order valence-corrected chi connectivity index (χ2v) is 6.08. The second-order valence-electron chi connectivity index (χ2n) is 6.08. The van der Waals surface area contributed by atoms with E-state index in [9.17, 15) is 0 Å². The molecule has 0 aliphatic rings. The Hall–Kier alpha value is -1.15. The number of hydrogen-bond acceptors (Lipinski definition) is 0. The van der Waals surface area contributed by atoms with Crippen molar-refractivity contribution < 1.29 is 21.7 Å². The Labute approximate surface area is 194 Å². The molecule has 140 valence electrons. The van der Waals surface area contributed by atoms with Gasteiger partial charge in [0, 0.05) is 27.6 Å². The molecular formula is C23H22Cl3Ti-. The minimum absolute atomic E-state index is 0. The minimum atomic E-state index is 0. The van der Waals surface area contributed by atoms with Crippen molar-refractivity contribution in [3.8, 4) is 0 Å². The van der Waals surface area contributed by atoms with Gasteiger partial charge in [0.15, 0.2) is 0 Å². The van der Waals surface area contributed by atoms with Crippen LogP contribution in [0.15, 0.2) is 91.0 Å². The molecule has 4 heteroatoms. The molecule has 4 rings (SSSR count). The van der Waals surface area contributed by atoms with Crippen LogP contribution >= 0.6 is 37.2 Å². The fourth-order valence-corrected chi connectivity index (χ4v) is 3.59. The van der Waals surface area contributed by atoms with Crippen molar-refractivity contribution in [2.45, 2.75) is 12.8 Å². The summed E-state index contributed by atoms with van der Waals surface area (Å²) in [6, 6.07) is 32.6. The summed E-state index contributed by atoms with van der Waals surface area (Å²) in [4.78, 5) is 0. The molecule has 0 aromatic heterocycles. The van der Waals surface area contributed by atoms with E-state index in [4.69, 9.17) is 0 Å². The summed E-state index contributed by atoms with van der Waals surface area (Å²) in [5, 5.41) is 2.69. The van der Waals surface area contributed by atoms with E-state index in [2.05, 4.69) is 97.9 Å². The van der Waals surface area contributed by atoms with Gasteiger partial charge < -0.3 is 0 Å². The summed E-state index contributed by atoms with van der Waals surface area (Å²) < 4.78 is 0. The van der Waals surface area contributed by atoms with Crippen LogP contribution in [0.4, 0.5) is 0 Å². The van der Waals surface area contributed by atoms with E-state index in [-0.39, 0.29) is 64.9 Å².